The molecule has 3 atom stereocenters. The van der Waals surface area contributed by atoms with Gasteiger partial charge in [0.25, 0.3) is 0 Å². The normalized spacial score (nSPS) is 13.6. The van der Waals surface area contributed by atoms with E-state index in [-0.39, 0.29) is 23.7 Å². The van der Waals surface area contributed by atoms with Gasteiger partial charge in [-0.3, -0.25) is 14.4 Å². The number of hydrogen-bond acceptors (Lipinski definition) is 6. The molecule has 0 aromatic heterocycles. The molecule has 0 saturated carbocycles. The molecule has 0 saturated heterocycles. The fourth-order valence-electron chi connectivity index (χ4n) is 3.87. The number of rotatable bonds is 18. The molecule has 0 spiro atoms. The lowest BCUT2D eigenvalue weighted by Crippen LogP contribution is -2.56. The summed E-state index contributed by atoms with van der Waals surface area (Å²) in [5, 5.41) is 8.53. The first-order valence-corrected chi connectivity index (χ1v) is 14.4. The van der Waals surface area contributed by atoms with E-state index >= 15 is 0 Å². The van der Waals surface area contributed by atoms with Crippen LogP contribution in [0.25, 0.3) is 0 Å². The standard InChI is InChI=1S/C27H46Cl2N6O3/c1-18(2)17-23(34-27(38)24(31)19(3)4)26(37)33-22(7-5-6-14-30)25(36)32-20-8-10-21(11-9-20)35(15-12-28)16-13-29/h8-11,18-19,22-24H,5-7,12-17,30-31H2,1-4H3,(H,32,36)(H,33,37)(H,34,38)/t22-,23-,24-/m1/s1. The number of unbranched alkanes of at least 4 members (excludes halogenated alkanes) is 1. The Kier molecular flexibility index (Phi) is 16.3. The third-order valence-corrected chi connectivity index (χ3v) is 6.49. The maximum atomic E-state index is 13.3. The van der Waals surface area contributed by atoms with E-state index in [1.54, 1.807) is 12.1 Å². The highest BCUT2D eigenvalue weighted by Gasteiger charge is 2.29. The quantitative estimate of drug-likeness (QED) is 0.135. The van der Waals surface area contributed by atoms with Crippen molar-refractivity contribution in [3.63, 3.8) is 0 Å². The van der Waals surface area contributed by atoms with E-state index in [9.17, 15) is 14.4 Å². The third-order valence-electron chi connectivity index (χ3n) is 6.15. The van der Waals surface area contributed by atoms with E-state index in [0.29, 0.717) is 56.3 Å². The Balaban J connectivity index is 3.00. The number of alkyl halides is 2. The highest BCUT2D eigenvalue weighted by atomic mass is 35.5. The molecule has 0 aliphatic rings. The van der Waals surface area contributed by atoms with Crippen molar-refractivity contribution in [1.82, 2.24) is 10.6 Å². The van der Waals surface area contributed by atoms with Gasteiger partial charge in [0.2, 0.25) is 17.7 Å². The van der Waals surface area contributed by atoms with Gasteiger partial charge >= 0.3 is 0 Å². The van der Waals surface area contributed by atoms with Crippen molar-refractivity contribution in [3.8, 4) is 0 Å². The molecule has 0 bridgehead atoms. The average molecular weight is 574 g/mol. The Hall–Kier alpha value is -2.07. The maximum absolute atomic E-state index is 13.3. The second kappa shape index (κ2) is 18.3. The van der Waals surface area contributed by atoms with Crippen LogP contribution in [0.3, 0.4) is 0 Å². The van der Waals surface area contributed by atoms with Crippen molar-refractivity contribution in [3.05, 3.63) is 24.3 Å². The average Bonchev–Trinajstić information content (AvgIpc) is 2.87. The summed E-state index contributed by atoms with van der Waals surface area (Å²) in [5.41, 5.74) is 13.2. The van der Waals surface area contributed by atoms with E-state index < -0.39 is 24.0 Å². The van der Waals surface area contributed by atoms with Crippen molar-refractivity contribution in [2.45, 2.75) is 71.5 Å². The number of nitrogens with zero attached hydrogens (tertiary/aromatic N) is 1. The minimum atomic E-state index is -0.800. The van der Waals surface area contributed by atoms with Crippen LogP contribution >= 0.6 is 23.2 Å². The fraction of sp³-hybridized carbons (Fsp3) is 0.667. The predicted molar refractivity (Wildman–Crippen MR) is 158 cm³/mol. The summed E-state index contributed by atoms with van der Waals surface area (Å²) < 4.78 is 0. The van der Waals surface area contributed by atoms with Crippen molar-refractivity contribution in [2.75, 3.05) is 41.6 Å². The first kappa shape index (κ1) is 34.0. The fourth-order valence-corrected chi connectivity index (χ4v) is 4.27. The molecule has 3 amide bonds. The lowest BCUT2D eigenvalue weighted by molar-refractivity contribution is -0.132. The molecular weight excluding hydrogens is 527 g/mol. The van der Waals surface area contributed by atoms with Crippen LogP contribution in [0.1, 0.15) is 53.4 Å². The van der Waals surface area contributed by atoms with Gasteiger partial charge in [-0.1, -0.05) is 27.7 Å². The van der Waals surface area contributed by atoms with Gasteiger partial charge in [0.05, 0.1) is 6.04 Å². The van der Waals surface area contributed by atoms with E-state index in [2.05, 4.69) is 20.9 Å². The molecule has 11 heteroatoms. The summed E-state index contributed by atoms with van der Waals surface area (Å²) in [6.45, 7) is 9.43. The molecule has 0 radical (unpaired) electrons. The molecule has 216 valence electrons. The zero-order chi connectivity index (χ0) is 28.7. The molecule has 9 nitrogen and oxygen atoms in total. The van der Waals surface area contributed by atoms with Crippen molar-refractivity contribution < 1.29 is 14.4 Å². The Morgan fingerprint density at radius 1 is 0.868 bits per heavy atom. The molecular formula is C27H46Cl2N6O3. The zero-order valence-corrected chi connectivity index (χ0v) is 24.7. The van der Waals surface area contributed by atoms with Gasteiger partial charge in [-0.15, -0.1) is 23.2 Å². The number of anilines is 2. The van der Waals surface area contributed by atoms with Gasteiger partial charge < -0.3 is 32.3 Å². The summed E-state index contributed by atoms with van der Waals surface area (Å²) in [6, 6.07) is 5.07. The molecule has 1 aromatic rings. The predicted octanol–water partition coefficient (Wildman–Crippen LogP) is 3.04. The monoisotopic (exact) mass is 572 g/mol. The van der Waals surface area contributed by atoms with Crippen LogP contribution in [0.15, 0.2) is 24.3 Å². The van der Waals surface area contributed by atoms with Gasteiger partial charge in [-0.05, 0) is 68.3 Å². The Morgan fingerprint density at radius 2 is 1.45 bits per heavy atom. The Labute approximate surface area is 237 Å². The lowest BCUT2D eigenvalue weighted by Gasteiger charge is -2.26. The van der Waals surface area contributed by atoms with Gasteiger partial charge in [0.15, 0.2) is 0 Å². The molecule has 0 unspecified atom stereocenters. The van der Waals surface area contributed by atoms with Crippen LogP contribution in [0.2, 0.25) is 0 Å². The number of carbonyl (C=O) groups is 3. The van der Waals surface area contributed by atoms with Gasteiger partial charge in [0, 0.05) is 36.2 Å². The van der Waals surface area contributed by atoms with E-state index in [4.69, 9.17) is 34.7 Å². The molecule has 0 fully saturated rings. The highest BCUT2D eigenvalue weighted by Crippen LogP contribution is 2.19. The van der Waals surface area contributed by atoms with Crippen LogP contribution < -0.4 is 32.3 Å². The number of hydrogen-bond donors (Lipinski definition) is 5. The van der Waals surface area contributed by atoms with Crippen LogP contribution in [-0.2, 0) is 14.4 Å². The molecule has 1 aromatic carbocycles. The van der Waals surface area contributed by atoms with Gasteiger partial charge in [-0.2, -0.15) is 0 Å². The number of nitrogens with one attached hydrogen (secondary N) is 3. The van der Waals surface area contributed by atoms with Crippen LogP contribution in [0, 0.1) is 11.8 Å². The number of benzene rings is 1. The minimum Gasteiger partial charge on any atom is -0.369 e. The minimum absolute atomic E-state index is 0.0733. The summed E-state index contributed by atoms with van der Waals surface area (Å²) in [7, 11) is 0. The Morgan fingerprint density at radius 3 is 1.95 bits per heavy atom. The van der Waals surface area contributed by atoms with Crippen LogP contribution in [-0.4, -0.2) is 67.2 Å². The highest BCUT2D eigenvalue weighted by molar-refractivity contribution is 6.18. The van der Waals surface area contributed by atoms with E-state index in [0.717, 1.165) is 12.1 Å². The summed E-state index contributed by atoms with van der Waals surface area (Å²) in [4.78, 5) is 41.1. The van der Waals surface area contributed by atoms with Crippen molar-refractivity contribution in [1.29, 1.82) is 0 Å². The van der Waals surface area contributed by atoms with E-state index in [1.807, 2.05) is 39.8 Å². The maximum Gasteiger partial charge on any atom is 0.246 e. The molecule has 0 aliphatic heterocycles. The summed E-state index contributed by atoms with van der Waals surface area (Å²) in [6.07, 6.45) is 2.22. The SMILES string of the molecule is CC(C)C[C@@H](NC(=O)[C@H](N)C(C)C)C(=O)N[C@H](CCCCN)C(=O)Nc1ccc(N(CCCl)CCCl)cc1. The van der Waals surface area contributed by atoms with Gasteiger partial charge in [0.1, 0.15) is 12.1 Å². The second-order valence-electron chi connectivity index (χ2n) is 10.2. The first-order chi connectivity index (χ1) is 18.0. The zero-order valence-electron chi connectivity index (χ0n) is 23.1. The number of carbonyl (C=O) groups excluding carboxylic acids is 3. The number of amides is 3. The lowest BCUT2D eigenvalue weighted by atomic mass is 10.00. The molecule has 38 heavy (non-hydrogen) atoms. The van der Waals surface area contributed by atoms with E-state index in [1.165, 1.54) is 0 Å². The van der Waals surface area contributed by atoms with Gasteiger partial charge in [-0.25, -0.2) is 0 Å². The topological polar surface area (TPSA) is 143 Å². The number of halogens is 2. The van der Waals surface area contributed by atoms with Crippen LogP contribution in [0.4, 0.5) is 11.4 Å². The molecule has 7 N–H and O–H groups in total. The number of nitrogens with two attached hydrogens (primary N) is 2. The largest absolute Gasteiger partial charge is 0.369 e. The summed E-state index contributed by atoms with van der Waals surface area (Å²) in [5.74, 6) is -0.124. The molecule has 0 heterocycles. The molecule has 0 aliphatic carbocycles. The smallest absolute Gasteiger partial charge is 0.246 e. The molecule has 1 rings (SSSR count). The first-order valence-electron chi connectivity index (χ1n) is 13.4. The van der Waals surface area contributed by atoms with Crippen molar-refractivity contribution >= 4 is 52.3 Å². The van der Waals surface area contributed by atoms with Crippen molar-refractivity contribution in [2.24, 2.45) is 23.3 Å². The third kappa shape index (κ3) is 12.2. The Bertz CT molecular complexity index is 848. The van der Waals surface area contributed by atoms with Crippen LogP contribution in [0.5, 0.6) is 0 Å². The summed E-state index contributed by atoms with van der Waals surface area (Å²) >= 11 is 11.8. The second-order valence-corrected chi connectivity index (χ2v) is 11.0.